The Morgan fingerprint density at radius 3 is 2.84 bits per heavy atom. The fourth-order valence-corrected chi connectivity index (χ4v) is 4.88. The second kappa shape index (κ2) is 6.81. The molecule has 0 N–H and O–H groups in total. The summed E-state index contributed by atoms with van der Waals surface area (Å²) in [5, 5.41) is 2.12. The molecule has 1 amide bonds. The third kappa shape index (κ3) is 3.31. The predicted molar refractivity (Wildman–Crippen MR) is 99.7 cm³/mol. The van der Waals surface area contributed by atoms with E-state index in [4.69, 9.17) is 4.74 Å². The van der Waals surface area contributed by atoms with Gasteiger partial charge in [0.15, 0.2) is 0 Å². The average Bonchev–Trinajstić information content (AvgIpc) is 3.35. The van der Waals surface area contributed by atoms with E-state index in [0.29, 0.717) is 12.5 Å². The van der Waals surface area contributed by atoms with Gasteiger partial charge in [0, 0.05) is 31.1 Å². The molecule has 0 radical (unpaired) electrons. The van der Waals surface area contributed by atoms with Crippen molar-refractivity contribution in [1.82, 2.24) is 9.80 Å². The normalized spacial score (nSPS) is 23.7. The Morgan fingerprint density at radius 1 is 1.16 bits per heavy atom. The van der Waals surface area contributed by atoms with Crippen molar-refractivity contribution < 1.29 is 9.53 Å². The summed E-state index contributed by atoms with van der Waals surface area (Å²) in [5.41, 5.74) is 0.981. The minimum absolute atomic E-state index is 0.157. The topological polar surface area (TPSA) is 32.8 Å². The van der Waals surface area contributed by atoms with E-state index in [9.17, 15) is 4.79 Å². The standard InChI is InChI=1S/C20H24N2O2S/c1-24-17-5-2-4-16(12-17)13-22-10-8-20(19(22)23)7-9-21(15-20)14-18-6-3-11-25-18/h2-6,11-12H,7-10,13-15H2,1H3. The first-order valence-electron chi connectivity index (χ1n) is 8.86. The molecule has 3 heterocycles. The summed E-state index contributed by atoms with van der Waals surface area (Å²) in [7, 11) is 1.68. The number of carbonyl (C=O) groups is 1. The second-order valence-corrected chi connectivity index (χ2v) is 8.18. The van der Waals surface area contributed by atoms with E-state index in [1.54, 1.807) is 18.4 Å². The summed E-state index contributed by atoms with van der Waals surface area (Å²) < 4.78 is 5.29. The highest BCUT2D eigenvalue weighted by Crippen LogP contribution is 2.41. The SMILES string of the molecule is COc1cccc(CN2CCC3(CCN(Cc4cccs4)C3)C2=O)c1. The Morgan fingerprint density at radius 2 is 2.04 bits per heavy atom. The van der Waals surface area contributed by atoms with Crippen molar-refractivity contribution >= 4 is 17.2 Å². The second-order valence-electron chi connectivity index (χ2n) is 7.15. The number of carbonyl (C=O) groups excluding carboxylic acids is 1. The van der Waals surface area contributed by atoms with Crippen LogP contribution in [0, 0.1) is 5.41 Å². The number of ether oxygens (including phenoxy) is 1. The fourth-order valence-electron chi connectivity index (χ4n) is 4.13. The molecule has 5 heteroatoms. The summed E-state index contributed by atoms with van der Waals surface area (Å²) in [5.74, 6) is 1.19. The van der Waals surface area contributed by atoms with Gasteiger partial charge in [-0.2, -0.15) is 0 Å². The van der Waals surface area contributed by atoms with E-state index in [1.807, 2.05) is 23.1 Å². The number of hydrogen-bond acceptors (Lipinski definition) is 4. The first-order valence-corrected chi connectivity index (χ1v) is 9.74. The van der Waals surface area contributed by atoms with Gasteiger partial charge < -0.3 is 9.64 Å². The van der Waals surface area contributed by atoms with Crippen molar-refractivity contribution in [3.05, 3.63) is 52.2 Å². The van der Waals surface area contributed by atoms with Crippen LogP contribution in [0.4, 0.5) is 0 Å². The number of thiophene rings is 1. The molecule has 0 bridgehead atoms. The van der Waals surface area contributed by atoms with Crippen LogP contribution in [0.1, 0.15) is 23.3 Å². The van der Waals surface area contributed by atoms with Gasteiger partial charge in [-0.1, -0.05) is 18.2 Å². The third-order valence-electron chi connectivity index (χ3n) is 5.50. The van der Waals surface area contributed by atoms with Crippen LogP contribution >= 0.6 is 11.3 Å². The molecule has 1 aromatic heterocycles. The Hall–Kier alpha value is -1.85. The minimum atomic E-state index is -0.157. The monoisotopic (exact) mass is 356 g/mol. The van der Waals surface area contributed by atoms with Crippen LogP contribution in [-0.4, -0.2) is 42.5 Å². The lowest BCUT2D eigenvalue weighted by Gasteiger charge is -2.23. The number of amides is 1. The largest absolute Gasteiger partial charge is 0.497 e. The molecule has 2 aliphatic heterocycles. The number of likely N-dealkylation sites (tertiary alicyclic amines) is 2. The van der Waals surface area contributed by atoms with Crippen molar-refractivity contribution in [3.8, 4) is 5.75 Å². The zero-order chi connectivity index (χ0) is 17.3. The first-order chi connectivity index (χ1) is 12.2. The number of hydrogen-bond donors (Lipinski definition) is 0. The maximum absolute atomic E-state index is 13.1. The van der Waals surface area contributed by atoms with Crippen LogP contribution in [0.3, 0.4) is 0 Å². The molecule has 2 fully saturated rings. The van der Waals surface area contributed by atoms with E-state index >= 15 is 0 Å². The van der Waals surface area contributed by atoms with Gasteiger partial charge in [-0.05, 0) is 48.5 Å². The molecule has 1 spiro atoms. The smallest absolute Gasteiger partial charge is 0.230 e. The molecule has 1 atom stereocenters. The first kappa shape index (κ1) is 16.6. The molecule has 1 unspecified atom stereocenters. The van der Waals surface area contributed by atoms with Gasteiger partial charge in [-0.3, -0.25) is 9.69 Å². The fraction of sp³-hybridized carbons (Fsp3) is 0.450. The van der Waals surface area contributed by atoms with Crippen molar-refractivity contribution in [2.24, 2.45) is 5.41 Å². The van der Waals surface area contributed by atoms with E-state index in [2.05, 4.69) is 28.5 Å². The molecule has 25 heavy (non-hydrogen) atoms. The maximum Gasteiger partial charge on any atom is 0.230 e. The number of rotatable bonds is 5. The van der Waals surface area contributed by atoms with Crippen molar-refractivity contribution in [1.29, 1.82) is 0 Å². The molecule has 132 valence electrons. The van der Waals surface area contributed by atoms with E-state index < -0.39 is 0 Å². The molecular formula is C20H24N2O2S. The molecule has 4 nitrogen and oxygen atoms in total. The molecule has 2 saturated heterocycles. The van der Waals surface area contributed by atoms with Crippen molar-refractivity contribution in [3.63, 3.8) is 0 Å². The molecular weight excluding hydrogens is 332 g/mol. The number of benzene rings is 1. The molecule has 2 aromatic rings. The number of methoxy groups -OCH3 is 1. The lowest BCUT2D eigenvalue weighted by atomic mass is 9.85. The van der Waals surface area contributed by atoms with Gasteiger partial charge in [-0.25, -0.2) is 0 Å². The van der Waals surface area contributed by atoms with Crippen LogP contribution < -0.4 is 4.74 Å². The van der Waals surface area contributed by atoms with Crippen LogP contribution in [0.25, 0.3) is 0 Å². The maximum atomic E-state index is 13.1. The highest BCUT2D eigenvalue weighted by atomic mass is 32.1. The lowest BCUT2D eigenvalue weighted by Crippen LogP contribution is -2.36. The molecule has 2 aliphatic rings. The number of nitrogens with zero attached hydrogens (tertiary/aromatic N) is 2. The summed E-state index contributed by atoms with van der Waals surface area (Å²) in [6, 6.07) is 12.3. The molecule has 0 saturated carbocycles. The molecule has 0 aliphatic carbocycles. The van der Waals surface area contributed by atoms with Gasteiger partial charge >= 0.3 is 0 Å². The van der Waals surface area contributed by atoms with Gasteiger partial charge in [0.05, 0.1) is 12.5 Å². The van der Waals surface area contributed by atoms with Crippen LogP contribution in [0.5, 0.6) is 5.75 Å². The van der Waals surface area contributed by atoms with Crippen LogP contribution in [0.2, 0.25) is 0 Å². The van der Waals surface area contributed by atoms with Crippen LogP contribution in [-0.2, 0) is 17.9 Å². The molecule has 4 rings (SSSR count). The summed E-state index contributed by atoms with van der Waals surface area (Å²) in [6.45, 7) is 4.45. The van der Waals surface area contributed by atoms with Gasteiger partial charge in [0.1, 0.15) is 5.75 Å². The minimum Gasteiger partial charge on any atom is -0.497 e. The summed E-state index contributed by atoms with van der Waals surface area (Å²) >= 11 is 1.80. The Labute approximate surface area is 153 Å². The lowest BCUT2D eigenvalue weighted by molar-refractivity contribution is -0.136. The summed E-state index contributed by atoms with van der Waals surface area (Å²) in [4.78, 5) is 19.0. The quantitative estimate of drug-likeness (QED) is 0.823. The van der Waals surface area contributed by atoms with Gasteiger partial charge in [-0.15, -0.1) is 11.3 Å². The Bertz CT molecular complexity index is 746. The zero-order valence-electron chi connectivity index (χ0n) is 14.6. The Kier molecular flexibility index (Phi) is 4.52. The highest BCUT2D eigenvalue weighted by Gasteiger charge is 2.50. The van der Waals surface area contributed by atoms with E-state index in [0.717, 1.165) is 50.3 Å². The van der Waals surface area contributed by atoms with Gasteiger partial charge in [0.25, 0.3) is 0 Å². The van der Waals surface area contributed by atoms with Crippen LogP contribution in [0.15, 0.2) is 41.8 Å². The van der Waals surface area contributed by atoms with Crippen molar-refractivity contribution in [2.75, 3.05) is 26.7 Å². The van der Waals surface area contributed by atoms with E-state index in [-0.39, 0.29) is 5.41 Å². The van der Waals surface area contributed by atoms with E-state index in [1.165, 1.54) is 4.88 Å². The van der Waals surface area contributed by atoms with Gasteiger partial charge in [0.2, 0.25) is 5.91 Å². The Balaban J connectivity index is 1.41. The predicted octanol–water partition coefficient (Wildman–Crippen LogP) is 3.38. The third-order valence-corrected chi connectivity index (χ3v) is 6.36. The zero-order valence-corrected chi connectivity index (χ0v) is 15.4. The molecule has 1 aromatic carbocycles. The van der Waals surface area contributed by atoms with Crippen molar-refractivity contribution in [2.45, 2.75) is 25.9 Å². The summed E-state index contributed by atoms with van der Waals surface area (Å²) in [6.07, 6.45) is 1.97. The highest BCUT2D eigenvalue weighted by molar-refractivity contribution is 7.09. The average molecular weight is 356 g/mol.